The fourth-order valence-electron chi connectivity index (χ4n) is 1.15. The summed E-state index contributed by atoms with van der Waals surface area (Å²) in [6.07, 6.45) is 0.416. The number of carbonyl (C=O) groups excluding carboxylic acids is 1. The molecule has 1 aliphatic rings. The summed E-state index contributed by atoms with van der Waals surface area (Å²) in [5.74, 6) is -0.692. The van der Waals surface area contributed by atoms with Crippen molar-refractivity contribution in [3.05, 3.63) is 0 Å². The summed E-state index contributed by atoms with van der Waals surface area (Å²) in [6, 6.07) is -1.34. The molecule has 0 aliphatic carbocycles. The van der Waals surface area contributed by atoms with Crippen LogP contribution in [0.15, 0.2) is 0 Å². The van der Waals surface area contributed by atoms with Crippen LogP contribution in [-0.2, 0) is 9.53 Å². The lowest BCUT2D eigenvalue weighted by molar-refractivity contribution is -0.135. The molecule has 1 heterocycles. The molecule has 3 atom stereocenters. The van der Waals surface area contributed by atoms with Gasteiger partial charge >= 0.3 is 6.04 Å². The topological polar surface area (TPSA) is 26.3 Å². The van der Waals surface area contributed by atoms with Gasteiger partial charge in [0.05, 0.1) is 13.4 Å². The van der Waals surface area contributed by atoms with Crippen LogP contribution in [0.4, 0.5) is 4.39 Å². The zero-order chi connectivity index (χ0) is 8.43. The van der Waals surface area contributed by atoms with Crippen LogP contribution < -0.4 is 0 Å². The van der Waals surface area contributed by atoms with E-state index in [1.807, 2.05) is 6.92 Å². The molecule has 1 saturated heterocycles. The van der Waals surface area contributed by atoms with Crippen LogP contribution in [-0.4, -0.2) is 18.7 Å². The predicted molar refractivity (Wildman–Crippen MR) is 34.3 cm³/mol. The van der Waals surface area contributed by atoms with Gasteiger partial charge in [-0.2, -0.15) is 4.39 Å². The van der Waals surface area contributed by atoms with E-state index in [2.05, 4.69) is 0 Å². The first kappa shape index (κ1) is 6.28. The molecule has 2 unspecified atom stereocenters. The summed E-state index contributed by atoms with van der Waals surface area (Å²) >= 11 is 0. The maximum absolute atomic E-state index is 12.2. The Hall–Kier alpha value is -0.440. The minimum Gasteiger partial charge on any atom is -0.377 e. The third-order valence-corrected chi connectivity index (χ3v) is 1.76. The van der Waals surface area contributed by atoms with Crippen molar-refractivity contribution in [1.82, 2.24) is 0 Å². The van der Waals surface area contributed by atoms with E-state index < -0.39 is 18.5 Å². The summed E-state index contributed by atoms with van der Waals surface area (Å²) in [7, 11) is 0. The molecule has 3 heteroatoms. The van der Waals surface area contributed by atoms with Crippen molar-refractivity contribution >= 4 is 6.04 Å². The number of rotatable bonds is 2. The average molecular weight is 148 g/mol. The van der Waals surface area contributed by atoms with Crippen LogP contribution in [0.3, 0.4) is 0 Å². The molecule has 0 radical (unpaired) electrons. The highest BCUT2D eigenvalue weighted by Gasteiger charge is 2.32. The van der Waals surface area contributed by atoms with Crippen LogP contribution in [0.25, 0.3) is 0 Å². The van der Waals surface area contributed by atoms with E-state index in [-0.39, 0.29) is 12.5 Å². The monoisotopic (exact) mass is 148 g/mol. The summed E-state index contributed by atoms with van der Waals surface area (Å²) < 4.78 is 24.4. The molecule has 0 amide bonds. The second kappa shape index (κ2) is 3.10. The lowest BCUT2D eigenvalue weighted by Crippen LogP contribution is -2.20. The summed E-state index contributed by atoms with van der Waals surface area (Å²) in [6.45, 7) is 1.10. The van der Waals surface area contributed by atoms with Crippen molar-refractivity contribution in [3.63, 3.8) is 0 Å². The van der Waals surface area contributed by atoms with Gasteiger partial charge in [0, 0.05) is 6.58 Å². The SMILES string of the molecule is [3H]C1CC(C(=O)F)[C@@H](CC)O1. The Labute approximate surface area is 60.8 Å². The average Bonchev–Trinajstić information content (AvgIpc) is 2.30. The molecule has 10 heavy (non-hydrogen) atoms. The van der Waals surface area contributed by atoms with Crippen molar-refractivity contribution < 1.29 is 15.3 Å². The minimum absolute atomic E-state index is 0.202. The number of carbonyl (C=O) groups is 1. The van der Waals surface area contributed by atoms with E-state index in [9.17, 15) is 9.18 Å². The normalized spacial score (nSPS) is 41.4. The van der Waals surface area contributed by atoms with Gasteiger partial charge in [-0.05, 0) is 12.8 Å². The molecule has 1 aliphatic heterocycles. The Kier molecular flexibility index (Phi) is 1.95. The fraction of sp³-hybridized carbons (Fsp3) is 0.857. The molecule has 0 bridgehead atoms. The Morgan fingerprint density at radius 1 is 2.00 bits per heavy atom. The number of ether oxygens (including phenoxy) is 1. The van der Waals surface area contributed by atoms with Gasteiger partial charge in [0.2, 0.25) is 0 Å². The van der Waals surface area contributed by atoms with Gasteiger partial charge in [0.25, 0.3) is 0 Å². The number of hydrogen-bond donors (Lipinski definition) is 0. The number of halogens is 1. The van der Waals surface area contributed by atoms with Crippen LogP contribution in [0.1, 0.15) is 21.1 Å². The molecule has 0 spiro atoms. The summed E-state index contributed by atoms with van der Waals surface area (Å²) in [5, 5.41) is 0. The first-order valence-electron chi connectivity index (χ1n) is 4.00. The second-order valence-electron chi connectivity index (χ2n) is 2.40. The third-order valence-electron chi connectivity index (χ3n) is 1.76. The Morgan fingerprint density at radius 3 is 3.10 bits per heavy atom. The molecular formula is C7H11FO2. The molecule has 2 nitrogen and oxygen atoms in total. The van der Waals surface area contributed by atoms with Gasteiger partial charge < -0.3 is 4.74 Å². The van der Waals surface area contributed by atoms with E-state index in [0.717, 1.165) is 0 Å². The maximum Gasteiger partial charge on any atom is 0.307 e. The van der Waals surface area contributed by atoms with E-state index in [0.29, 0.717) is 6.42 Å². The molecule has 0 N–H and O–H groups in total. The highest BCUT2D eigenvalue weighted by Crippen LogP contribution is 2.24. The lowest BCUT2D eigenvalue weighted by atomic mass is 10.0. The van der Waals surface area contributed by atoms with Gasteiger partial charge in [0.1, 0.15) is 0 Å². The first-order valence-corrected chi connectivity index (χ1v) is 3.42. The summed E-state index contributed by atoms with van der Waals surface area (Å²) in [5.41, 5.74) is 0. The van der Waals surface area contributed by atoms with E-state index >= 15 is 0 Å². The van der Waals surface area contributed by atoms with Gasteiger partial charge in [0.15, 0.2) is 0 Å². The van der Waals surface area contributed by atoms with E-state index in [1.165, 1.54) is 0 Å². The van der Waals surface area contributed by atoms with Crippen LogP contribution >= 0.6 is 0 Å². The van der Waals surface area contributed by atoms with Crippen molar-refractivity contribution in [2.75, 3.05) is 6.58 Å². The smallest absolute Gasteiger partial charge is 0.307 e. The van der Waals surface area contributed by atoms with Gasteiger partial charge in [-0.1, -0.05) is 6.92 Å². The number of hydrogen-bond acceptors (Lipinski definition) is 2. The molecule has 0 aromatic carbocycles. The van der Waals surface area contributed by atoms with Crippen molar-refractivity contribution in [3.8, 4) is 0 Å². The Balaban J connectivity index is 2.57. The highest BCUT2D eigenvalue weighted by molar-refractivity contribution is 5.71. The van der Waals surface area contributed by atoms with Gasteiger partial charge in [-0.25, -0.2) is 0 Å². The predicted octanol–water partition coefficient (Wildman–Crippen LogP) is 1.30. The second-order valence-corrected chi connectivity index (χ2v) is 2.40. The standard InChI is InChI=1S/C7H11FO2/c1-2-6-5(7(8)9)3-4-10-6/h5-6H,2-4H2,1H3/t5?,6-/m1/s1/i4T/t4?,5?,6-. The Morgan fingerprint density at radius 2 is 2.70 bits per heavy atom. The largest absolute Gasteiger partial charge is 0.377 e. The molecule has 1 fully saturated rings. The van der Waals surface area contributed by atoms with Gasteiger partial charge in [-0.3, -0.25) is 4.79 Å². The minimum atomic E-state index is -1.34. The molecule has 1 rings (SSSR count). The van der Waals surface area contributed by atoms with Gasteiger partial charge in [-0.15, -0.1) is 0 Å². The molecule has 0 aromatic heterocycles. The molecular weight excluding hydrogens is 135 g/mol. The molecule has 0 aromatic rings. The molecule has 58 valence electrons. The molecule has 0 saturated carbocycles. The summed E-state index contributed by atoms with van der Waals surface area (Å²) in [4.78, 5) is 10.3. The van der Waals surface area contributed by atoms with Crippen LogP contribution in [0.2, 0.25) is 0 Å². The van der Waals surface area contributed by atoms with Crippen LogP contribution in [0, 0.1) is 5.92 Å². The quantitative estimate of drug-likeness (QED) is 0.552. The fourth-order valence-corrected chi connectivity index (χ4v) is 1.15. The lowest BCUT2D eigenvalue weighted by Gasteiger charge is -2.10. The highest BCUT2D eigenvalue weighted by atomic mass is 19.1. The Bertz CT molecular complexity index is 163. The van der Waals surface area contributed by atoms with Crippen molar-refractivity contribution in [2.45, 2.75) is 25.9 Å². The third kappa shape index (κ3) is 1.34. The van der Waals surface area contributed by atoms with Crippen LogP contribution in [0.5, 0.6) is 0 Å². The maximum atomic E-state index is 12.2. The van der Waals surface area contributed by atoms with Crippen molar-refractivity contribution in [2.24, 2.45) is 5.92 Å². The van der Waals surface area contributed by atoms with Crippen molar-refractivity contribution in [1.29, 1.82) is 0 Å². The zero-order valence-electron chi connectivity index (χ0n) is 6.84. The first-order chi connectivity index (χ1) is 5.15. The van der Waals surface area contributed by atoms with E-state index in [1.54, 1.807) is 0 Å². The zero-order valence-corrected chi connectivity index (χ0v) is 5.84. The van der Waals surface area contributed by atoms with E-state index in [4.69, 9.17) is 6.11 Å².